The molecule has 0 saturated heterocycles. The van der Waals surface area contributed by atoms with Crippen LogP contribution in [0.5, 0.6) is 0 Å². The highest BCUT2D eigenvalue weighted by Crippen LogP contribution is 2.20. The molecule has 0 radical (unpaired) electrons. The van der Waals surface area contributed by atoms with Crippen LogP contribution >= 0.6 is 0 Å². The zero-order valence-corrected chi connectivity index (χ0v) is 5.40. The van der Waals surface area contributed by atoms with Crippen molar-refractivity contribution in [3.05, 3.63) is 12.0 Å². The summed E-state index contributed by atoms with van der Waals surface area (Å²) in [7, 11) is 0. The van der Waals surface area contributed by atoms with E-state index in [-0.39, 0.29) is 17.6 Å². The number of carbonyl (C=O) groups excluding carboxylic acids is 1. The minimum absolute atomic E-state index is 0.00116. The molecule has 5 heteroatoms. The molecule has 11 heavy (non-hydrogen) atoms. The summed E-state index contributed by atoms with van der Waals surface area (Å²) in [5.41, 5.74) is 5.73. The molecule has 2 N–H and O–H groups in total. The number of hydrogen-bond acceptors (Lipinski definition) is 5. The van der Waals surface area contributed by atoms with E-state index in [4.69, 9.17) is 14.6 Å². The van der Waals surface area contributed by atoms with Gasteiger partial charge < -0.3 is 14.6 Å². The van der Waals surface area contributed by atoms with Gasteiger partial charge in [0.1, 0.15) is 0 Å². The van der Waals surface area contributed by atoms with Crippen LogP contribution in [0.4, 0.5) is 5.88 Å². The Kier molecular flexibility index (Phi) is 1.00. The van der Waals surface area contributed by atoms with Crippen LogP contribution in [0, 0.1) is 0 Å². The summed E-state index contributed by atoms with van der Waals surface area (Å²) in [5.74, 6) is 0.409. The molecule has 5 nitrogen and oxygen atoms in total. The van der Waals surface area contributed by atoms with E-state index < -0.39 is 0 Å². The number of oxazole rings is 1. The van der Waals surface area contributed by atoms with E-state index in [0.717, 1.165) is 0 Å². The molecule has 0 saturated carbocycles. The lowest BCUT2D eigenvalue weighted by Crippen LogP contribution is -1.78. The first-order chi connectivity index (χ1) is 5.29. The Labute approximate surface area is 60.8 Å². The van der Waals surface area contributed by atoms with Crippen LogP contribution in [-0.4, -0.2) is 11.3 Å². The number of rotatable bonds is 1. The van der Waals surface area contributed by atoms with Crippen molar-refractivity contribution in [2.45, 2.75) is 0 Å². The maximum Gasteiger partial charge on any atom is 0.320 e. The van der Waals surface area contributed by atoms with Gasteiger partial charge in [-0.25, -0.2) is 4.98 Å². The van der Waals surface area contributed by atoms with Crippen LogP contribution in [0.25, 0.3) is 11.3 Å². The van der Waals surface area contributed by atoms with E-state index in [1.54, 1.807) is 0 Å². The number of fused-ring (bicyclic) bond motifs is 1. The Hall–Kier alpha value is -1.78. The van der Waals surface area contributed by atoms with Crippen LogP contribution in [0.3, 0.4) is 0 Å². The van der Waals surface area contributed by atoms with Crippen LogP contribution in [0.15, 0.2) is 14.9 Å². The monoisotopic (exact) mass is 152 g/mol. The van der Waals surface area contributed by atoms with Gasteiger partial charge in [-0.15, -0.1) is 0 Å². The zero-order chi connectivity index (χ0) is 7.84. The van der Waals surface area contributed by atoms with E-state index in [9.17, 15) is 4.79 Å². The molecule has 2 aromatic heterocycles. The van der Waals surface area contributed by atoms with E-state index >= 15 is 0 Å². The molecule has 0 aromatic carbocycles. The smallest absolute Gasteiger partial charge is 0.320 e. The van der Waals surface area contributed by atoms with Crippen molar-refractivity contribution < 1.29 is 13.6 Å². The molecule has 0 atom stereocenters. The Morgan fingerprint density at radius 3 is 3.00 bits per heavy atom. The minimum Gasteiger partial charge on any atom is -0.408 e. The van der Waals surface area contributed by atoms with Crippen molar-refractivity contribution in [3.8, 4) is 0 Å². The van der Waals surface area contributed by atoms with Gasteiger partial charge in [0.15, 0.2) is 11.4 Å². The third-order valence-electron chi connectivity index (χ3n) is 1.23. The number of anilines is 1. The van der Waals surface area contributed by atoms with Crippen molar-refractivity contribution in [2.24, 2.45) is 0 Å². The average Bonchev–Trinajstić information content (AvgIpc) is 2.43. The van der Waals surface area contributed by atoms with Gasteiger partial charge in [-0.05, 0) is 0 Å². The van der Waals surface area contributed by atoms with Crippen molar-refractivity contribution in [3.63, 3.8) is 0 Å². The highest BCUT2D eigenvalue weighted by Gasteiger charge is 2.08. The lowest BCUT2D eigenvalue weighted by atomic mass is 10.5. The molecule has 0 amide bonds. The van der Waals surface area contributed by atoms with Gasteiger partial charge in [-0.3, -0.25) is 4.79 Å². The second kappa shape index (κ2) is 1.85. The lowest BCUT2D eigenvalue weighted by Gasteiger charge is -1.77. The van der Waals surface area contributed by atoms with E-state index in [1.165, 1.54) is 6.07 Å². The topological polar surface area (TPSA) is 82.3 Å². The molecule has 0 aliphatic heterocycles. The SMILES string of the molecule is Nc1cc2nc(C=O)oc2o1. The number of aromatic nitrogens is 1. The molecule has 0 aliphatic rings. The van der Waals surface area contributed by atoms with Gasteiger partial charge in [-0.2, -0.15) is 0 Å². The summed E-state index contributed by atoms with van der Waals surface area (Å²) in [4.78, 5) is 13.9. The number of nitrogens with two attached hydrogens (primary N) is 1. The standard InChI is InChI=1S/C6H4N2O3/c7-4-1-3-6(10-4)11-5(2-9)8-3/h1-2H,7H2. The van der Waals surface area contributed by atoms with Crippen molar-refractivity contribution >= 4 is 23.5 Å². The number of hydrogen-bond donors (Lipinski definition) is 1. The van der Waals surface area contributed by atoms with Gasteiger partial charge in [-0.1, -0.05) is 0 Å². The maximum absolute atomic E-state index is 10.1. The molecule has 2 heterocycles. The fourth-order valence-corrected chi connectivity index (χ4v) is 0.820. The van der Waals surface area contributed by atoms with Crippen LogP contribution in [-0.2, 0) is 0 Å². The summed E-state index contributed by atoms with van der Waals surface area (Å²) >= 11 is 0. The van der Waals surface area contributed by atoms with E-state index in [1.807, 2.05) is 0 Å². The van der Waals surface area contributed by atoms with Crippen LogP contribution in [0.1, 0.15) is 10.7 Å². The predicted octanol–water partition coefficient (Wildman–Crippen LogP) is 0.816. The molecule has 0 unspecified atom stereocenters. The Bertz CT molecular complexity index is 369. The van der Waals surface area contributed by atoms with E-state index in [0.29, 0.717) is 11.8 Å². The quantitative estimate of drug-likeness (QED) is 0.611. The fraction of sp³-hybridized carbons (Fsp3) is 0. The molecular formula is C6H4N2O3. The van der Waals surface area contributed by atoms with Gasteiger partial charge in [0.25, 0.3) is 5.89 Å². The second-order valence-corrected chi connectivity index (χ2v) is 1.99. The fourth-order valence-electron chi connectivity index (χ4n) is 0.820. The molecule has 2 aromatic rings. The predicted molar refractivity (Wildman–Crippen MR) is 36.1 cm³/mol. The van der Waals surface area contributed by atoms with Gasteiger partial charge >= 0.3 is 5.78 Å². The molecular weight excluding hydrogens is 148 g/mol. The minimum atomic E-state index is -0.00116. The van der Waals surface area contributed by atoms with Crippen LogP contribution in [0.2, 0.25) is 0 Å². The van der Waals surface area contributed by atoms with Gasteiger partial charge in [0, 0.05) is 6.07 Å². The first-order valence-electron chi connectivity index (χ1n) is 2.90. The number of carbonyl (C=O) groups is 1. The van der Waals surface area contributed by atoms with Crippen molar-refractivity contribution in [2.75, 3.05) is 5.73 Å². The van der Waals surface area contributed by atoms with Gasteiger partial charge in [0.2, 0.25) is 6.29 Å². The summed E-state index contributed by atoms with van der Waals surface area (Å²) in [6.45, 7) is 0. The van der Waals surface area contributed by atoms with Crippen LogP contribution < -0.4 is 5.73 Å². The Morgan fingerprint density at radius 2 is 2.36 bits per heavy atom. The average molecular weight is 152 g/mol. The summed E-state index contributed by atoms with van der Waals surface area (Å²) in [6, 6.07) is 1.49. The number of nitrogen functional groups attached to an aromatic ring is 1. The summed E-state index contributed by atoms with van der Waals surface area (Å²) in [5, 5.41) is 0. The number of nitrogens with zero attached hydrogens (tertiary/aromatic N) is 1. The molecule has 0 bridgehead atoms. The van der Waals surface area contributed by atoms with Crippen molar-refractivity contribution in [1.29, 1.82) is 0 Å². The Balaban J connectivity index is 2.72. The first-order valence-corrected chi connectivity index (χ1v) is 2.90. The summed E-state index contributed by atoms with van der Waals surface area (Å²) < 4.78 is 9.65. The van der Waals surface area contributed by atoms with E-state index in [2.05, 4.69) is 4.98 Å². The third kappa shape index (κ3) is 0.778. The number of furan rings is 1. The van der Waals surface area contributed by atoms with Gasteiger partial charge in [0.05, 0.1) is 0 Å². The summed E-state index contributed by atoms with van der Waals surface area (Å²) in [6.07, 6.45) is 0.506. The highest BCUT2D eigenvalue weighted by atomic mass is 16.5. The molecule has 0 aliphatic carbocycles. The lowest BCUT2D eigenvalue weighted by molar-refractivity contribution is 0.109. The molecule has 2 rings (SSSR count). The number of aldehydes is 1. The Morgan fingerprint density at radius 1 is 1.55 bits per heavy atom. The maximum atomic E-state index is 10.1. The first kappa shape index (κ1) is 5.96. The second-order valence-electron chi connectivity index (χ2n) is 1.99. The molecule has 56 valence electrons. The molecule has 0 fully saturated rings. The third-order valence-corrected chi connectivity index (χ3v) is 1.23. The normalized spacial score (nSPS) is 10.5. The molecule has 0 spiro atoms. The zero-order valence-electron chi connectivity index (χ0n) is 5.40. The largest absolute Gasteiger partial charge is 0.408 e. The van der Waals surface area contributed by atoms with Crippen molar-refractivity contribution in [1.82, 2.24) is 4.98 Å². The highest BCUT2D eigenvalue weighted by molar-refractivity contribution is 5.77.